The van der Waals surface area contributed by atoms with Gasteiger partial charge in [-0.1, -0.05) is 18.2 Å². The molecule has 3 rings (SSSR count). The molecule has 0 fully saturated rings. The Morgan fingerprint density at radius 2 is 1.83 bits per heavy atom. The number of carbonyl (C=O) groups is 1. The van der Waals surface area contributed by atoms with Gasteiger partial charge in [0, 0.05) is 14.1 Å². The van der Waals surface area contributed by atoms with Crippen LogP contribution in [0.1, 0.15) is 0 Å². The first-order chi connectivity index (χ1) is 11.0. The SMILES string of the molecule is Cn1c(=O)c2c(ncn2CC(=O)Oc2ccccc2)n(C)c1=O. The van der Waals surface area contributed by atoms with Crippen LogP contribution in [0.15, 0.2) is 46.2 Å². The number of hydrogen-bond donors (Lipinski definition) is 0. The van der Waals surface area contributed by atoms with E-state index < -0.39 is 17.2 Å². The number of aryl methyl sites for hydroxylation is 1. The largest absolute Gasteiger partial charge is 0.425 e. The molecule has 0 spiro atoms. The van der Waals surface area contributed by atoms with Crippen LogP contribution in [-0.4, -0.2) is 24.7 Å². The van der Waals surface area contributed by atoms with Gasteiger partial charge in [-0.2, -0.15) is 0 Å². The van der Waals surface area contributed by atoms with Crippen LogP contribution in [0.2, 0.25) is 0 Å². The Kier molecular flexibility index (Phi) is 3.57. The van der Waals surface area contributed by atoms with E-state index in [4.69, 9.17) is 4.74 Å². The predicted molar refractivity (Wildman–Crippen MR) is 82.3 cm³/mol. The van der Waals surface area contributed by atoms with Gasteiger partial charge >= 0.3 is 11.7 Å². The molecular formula is C15H14N4O4. The maximum Gasteiger partial charge on any atom is 0.332 e. The van der Waals surface area contributed by atoms with E-state index in [1.54, 1.807) is 24.3 Å². The number of aromatic nitrogens is 4. The average molecular weight is 314 g/mol. The smallest absolute Gasteiger partial charge is 0.332 e. The van der Waals surface area contributed by atoms with Gasteiger partial charge in [0.05, 0.1) is 6.33 Å². The van der Waals surface area contributed by atoms with Crippen LogP contribution in [0.25, 0.3) is 11.2 Å². The summed E-state index contributed by atoms with van der Waals surface area (Å²) in [5.74, 6) is -0.117. The molecule has 2 heterocycles. The molecule has 0 unspecified atom stereocenters. The summed E-state index contributed by atoms with van der Waals surface area (Å²) in [5.41, 5.74) is -0.571. The number of para-hydroxylation sites is 1. The van der Waals surface area contributed by atoms with Crippen LogP contribution >= 0.6 is 0 Å². The molecule has 8 nitrogen and oxygen atoms in total. The van der Waals surface area contributed by atoms with Gasteiger partial charge in [-0.3, -0.25) is 13.9 Å². The van der Waals surface area contributed by atoms with Crippen molar-refractivity contribution >= 4 is 17.1 Å². The lowest BCUT2D eigenvalue weighted by molar-refractivity contribution is -0.135. The van der Waals surface area contributed by atoms with Crippen molar-refractivity contribution in [1.82, 2.24) is 18.7 Å². The molecule has 0 aliphatic carbocycles. The molecule has 8 heteroatoms. The first kappa shape index (κ1) is 14.8. The zero-order valence-electron chi connectivity index (χ0n) is 12.6. The molecule has 0 atom stereocenters. The van der Waals surface area contributed by atoms with Crippen molar-refractivity contribution in [2.75, 3.05) is 0 Å². The fourth-order valence-electron chi connectivity index (χ4n) is 2.31. The molecule has 3 aromatic rings. The summed E-state index contributed by atoms with van der Waals surface area (Å²) in [6, 6.07) is 8.63. The number of esters is 1. The molecule has 2 aromatic heterocycles. The monoisotopic (exact) mass is 314 g/mol. The fourth-order valence-corrected chi connectivity index (χ4v) is 2.31. The predicted octanol–water partition coefficient (Wildman–Crippen LogP) is 0.0393. The summed E-state index contributed by atoms with van der Waals surface area (Å²) in [6.07, 6.45) is 1.34. The van der Waals surface area contributed by atoms with E-state index in [1.165, 1.54) is 29.6 Å². The maximum absolute atomic E-state index is 12.3. The van der Waals surface area contributed by atoms with Gasteiger partial charge in [0.15, 0.2) is 11.2 Å². The van der Waals surface area contributed by atoms with Gasteiger partial charge in [0.2, 0.25) is 0 Å². The number of imidazole rings is 1. The van der Waals surface area contributed by atoms with Crippen LogP contribution in [-0.2, 0) is 25.4 Å². The third kappa shape index (κ3) is 2.54. The van der Waals surface area contributed by atoms with Crippen molar-refractivity contribution in [3.63, 3.8) is 0 Å². The van der Waals surface area contributed by atoms with Crippen LogP contribution < -0.4 is 16.0 Å². The Hall–Kier alpha value is -3.16. The first-order valence-corrected chi connectivity index (χ1v) is 6.85. The highest BCUT2D eigenvalue weighted by Crippen LogP contribution is 2.10. The summed E-state index contributed by atoms with van der Waals surface area (Å²) in [4.78, 5) is 40.2. The molecule has 0 N–H and O–H groups in total. The minimum atomic E-state index is -0.536. The highest BCUT2D eigenvalue weighted by Gasteiger charge is 2.16. The third-order valence-electron chi connectivity index (χ3n) is 3.49. The lowest BCUT2D eigenvalue weighted by Gasteiger charge is -2.07. The van der Waals surface area contributed by atoms with E-state index in [2.05, 4.69) is 4.98 Å². The van der Waals surface area contributed by atoms with Gasteiger partial charge in [-0.25, -0.2) is 14.6 Å². The van der Waals surface area contributed by atoms with E-state index in [1.807, 2.05) is 6.07 Å². The molecule has 0 saturated heterocycles. The average Bonchev–Trinajstić information content (AvgIpc) is 2.95. The highest BCUT2D eigenvalue weighted by molar-refractivity contribution is 5.76. The molecule has 23 heavy (non-hydrogen) atoms. The zero-order chi connectivity index (χ0) is 16.6. The molecule has 0 bridgehead atoms. The van der Waals surface area contributed by atoms with Crippen molar-refractivity contribution in [3.05, 3.63) is 57.5 Å². The van der Waals surface area contributed by atoms with E-state index in [0.29, 0.717) is 5.75 Å². The van der Waals surface area contributed by atoms with Crippen molar-refractivity contribution in [3.8, 4) is 5.75 Å². The second-order valence-electron chi connectivity index (χ2n) is 5.04. The maximum atomic E-state index is 12.3. The molecule has 0 radical (unpaired) electrons. The highest BCUT2D eigenvalue weighted by atomic mass is 16.5. The molecule has 0 aliphatic rings. The Bertz CT molecular complexity index is 998. The van der Waals surface area contributed by atoms with Gasteiger partial charge in [0.1, 0.15) is 12.3 Å². The van der Waals surface area contributed by atoms with E-state index >= 15 is 0 Å². The van der Waals surface area contributed by atoms with E-state index in [0.717, 1.165) is 4.57 Å². The number of hydrogen-bond acceptors (Lipinski definition) is 5. The van der Waals surface area contributed by atoms with Crippen molar-refractivity contribution in [1.29, 1.82) is 0 Å². The molecule has 0 saturated carbocycles. The second kappa shape index (κ2) is 5.56. The summed E-state index contributed by atoms with van der Waals surface area (Å²) in [5, 5.41) is 0. The number of rotatable bonds is 3. The summed E-state index contributed by atoms with van der Waals surface area (Å²) in [6.45, 7) is -0.182. The third-order valence-corrected chi connectivity index (χ3v) is 3.49. The van der Waals surface area contributed by atoms with E-state index in [9.17, 15) is 14.4 Å². The minimum Gasteiger partial charge on any atom is -0.425 e. The van der Waals surface area contributed by atoms with Crippen LogP contribution in [0, 0.1) is 0 Å². The van der Waals surface area contributed by atoms with Gasteiger partial charge < -0.3 is 9.30 Å². The fraction of sp³-hybridized carbons (Fsp3) is 0.200. The number of nitrogens with zero attached hydrogens (tertiary/aromatic N) is 4. The van der Waals surface area contributed by atoms with Crippen molar-refractivity contribution < 1.29 is 9.53 Å². The Morgan fingerprint density at radius 3 is 2.52 bits per heavy atom. The van der Waals surface area contributed by atoms with Gasteiger partial charge in [-0.05, 0) is 12.1 Å². The molecule has 0 aliphatic heterocycles. The van der Waals surface area contributed by atoms with Crippen LogP contribution in [0.4, 0.5) is 0 Å². The lowest BCUT2D eigenvalue weighted by atomic mass is 10.3. The number of benzene rings is 1. The Morgan fingerprint density at radius 1 is 1.13 bits per heavy atom. The van der Waals surface area contributed by atoms with Gasteiger partial charge in [-0.15, -0.1) is 0 Å². The molecule has 0 amide bonds. The number of ether oxygens (including phenoxy) is 1. The van der Waals surface area contributed by atoms with Gasteiger partial charge in [0.25, 0.3) is 5.56 Å². The summed E-state index contributed by atoms with van der Waals surface area (Å²) < 4.78 is 8.81. The van der Waals surface area contributed by atoms with E-state index in [-0.39, 0.29) is 17.7 Å². The molecular weight excluding hydrogens is 300 g/mol. The summed E-state index contributed by atoms with van der Waals surface area (Å²) in [7, 11) is 2.90. The summed E-state index contributed by atoms with van der Waals surface area (Å²) >= 11 is 0. The Labute approximate surface area is 130 Å². The molecule has 118 valence electrons. The number of carbonyl (C=O) groups excluding carboxylic acids is 1. The first-order valence-electron chi connectivity index (χ1n) is 6.85. The normalized spacial score (nSPS) is 10.9. The standard InChI is InChI=1S/C15H14N4O4/c1-17-13-12(14(21)18(2)15(17)22)19(9-16-13)8-11(20)23-10-6-4-3-5-7-10/h3-7,9H,8H2,1-2H3. The van der Waals surface area contributed by atoms with Crippen molar-refractivity contribution in [2.45, 2.75) is 6.54 Å². The quantitative estimate of drug-likeness (QED) is 0.503. The lowest BCUT2D eigenvalue weighted by Crippen LogP contribution is -2.37. The van der Waals surface area contributed by atoms with Crippen molar-refractivity contribution in [2.24, 2.45) is 14.1 Å². The number of fused-ring (bicyclic) bond motifs is 1. The topological polar surface area (TPSA) is 88.1 Å². The Balaban J connectivity index is 1.97. The second-order valence-corrected chi connectivity index (χ2v) is 5.04. The zero-order valence-corrected chi connectivity index (χ0v) is 12.6. The molecule has 1 aromatic carbocycles. The van der Waals surface area contributed by atoms with Crippen LogP contribution in [0.3, 0.4) is 0 Å². The minimum absolute atomic E-state index is 0.180. The van der Waals surface area contributed by atoms with Crippen LogP contribution in [0.5, 0.6) is 5.75 Å².